The Kier molecular flexibility index (Phi) is 7.01. The van der Waals surface area contributed by atoms with Crippen LogP contribution in [0.2, 0.25) is 0 Å². The third kappa shape index (κ3) is 4.74. The van der Waals surface area contributed by atoms with Gasteiger partial charge in [0.2, 0.25) is 17.6 Å². The highest BCUT2D eigenvalue weighted by Crippen LogP contribution is 2.42. The summed E-state index contributed by atoms with van der Waals surface area (Å²) in [7, 11) is 4.59. The van der Waals surface area contributed by atoms with Gasteiger partial charge in [0.05, 0.1) is 39.0 Å². The lowest BCUT2D eigenvalue weighted by molar-refractivity contribution is -0.117. The van der Waals surface area contributed by atoms with Crippen molar-refractivity contribution in [2.24, 2.45) is 10.9 Å². The van der Waals surface area contributed by atoms with Crippen molar-refractivity contribution in [1.82, 2.24) is 4.57 Å². The molecule has 0 radical (unpaired) electrons. The van der Waals surface area contributed by atoms with Crippen LogP contribution in [0.4, 0.5) is 5.69 Å². The first kappa shape index (κ1) is 22.9. The van der Waals surface area contributed by atoms with Crippen LogP contribution in [0.5, 0.6) is 17.2 Å². The van der Waals surface area contributed by atoms with Gasteiger partial charge in [0.15, 0.2) is 11.5 Å². The number of anilines is 1. The van der Waals surface area contributed by atoms with Gasteiger partial charge in [-0.05, 0) is 25.0 Å². The number of pyridine rings is 1. The number of amides is 1. The Hall–Kier alpha value is -3.29. The van der Waals surface area contributed by atoms with Crippen molar-refractivity contribution >= 4 is 17.5 Å². The maximum atomic E-state index is 13.4. The standard InChI is InChI=1S/C25H31N3O5/c1-31-20-14-19(15-21(32-2)24(20)33-3)28-16-17(13-23(28)29)25(30)27-12-8-7-11-22(27)26-18-9-5-4-6-10-18/h7-8,11-12,14-15,17-18H,4-6,9-10,13,16H2,1-3H3. The van der Waals surface area contributed by atoms with E-state index in [4.69, 9.17) is 19.2 Å². The molecule has 1 atom stereocenters. The van der Waals surface area contributed by atoms with Crippen molar-refractivity contribution in [3.63, 3.8) is 0 Å². The van der Waals surface area contributed by atoms with Gasteiger partial charge in [-0.1, -0.05) is 25.3 Å². The van der Waals surface area contributed by atoms with Crippen LogP contribution in [0.15, 0.2) is 41.5 Å². The Morgan fingerprint density at radius 1 is 1.00 bits per heavy atom. The van der Waals surface area contributed by atoms with Crippen LogP contribution in [0.1, 0.15) is 43.3 Å². The van der Waals surface area contributed by atoms with E-state index < -0.39 is 5.92 Å². The number of hydrogen-bond donors (Lipinski definition) is 0. The number of nitrogens with zero attached hydrogens (tertiary/aromatic N) is 3. The van der Waals surface area contributed by atoms with Crippen molar-refractivity contribution in [3.8, 4) is 17.2 Å². The van der Waals surface area contributed by atoms with Gasteiger partial charge in [-0.15, -0.1) is 0 Å². The predicted molar refractivity (Wildman–Crippen MR) is 124 cm³/mol. The minimum absolute atomic E-state index is 0.117. The van der Waals surface area contributed by atoms with Gasteiger partial charge < -0.3 is 19.1 Å². The summed E-state index contributed by atoms with van der Waals surface area (Å²) in [6, 6.07) is 9.30. The molecule has 2 aliphatic rings. The van der Waals surface area contributed by atoms with Crippen molar-refractivity contribution in [2.75, 3.05) is 32.8 Å². The fourth-order valence-corrected chi connectivity index (χ4v) is 4.67. The zero-order chi connectivity index (χ0) is 23.4. The van der Waals surface area contributed by atoms with Crippen molar-refractivity contribution in [2.45, 2.75) is 44.6 Å². The Morgan fingerprint density at radius 2 is 1.70 bits per heavy atom. The average molecular weight is 454 g/mol. The summed E-state index contributed by atoms with van der Waals surface area (Å²) >= 11 is 0. The van der Waals surface area contributed by atoms with Crippen LogP contribution in [-0.4, -0.2) is 50.3 Å². The van der Waals surface area contributed by atoms with Crippen LogP contribution in [-0.2, 0) is 4.79 Å². The van der Waals surface area contributed by atoms with E-state index in [1.165, 1.54) is 40.6 Å². The molecule has 176 valence electrons. The van der Waals surface area contributed by atoms with Crippen molar-refractivity contribution in [1.29, 1.82) is 0 Å². The highest BCUT2D eigenvalue weighted by molar-refractivity contribution is 6.01. The lowest BCUT2D eigenvalue weighted by Gasteiger charge is -2.21. The Labute approximate surface area is 193 Å². The zero-order valence-electron chi connectivity index (χ0n) is 19.5. The number of ether oxygens (including phenoxy) is 3. The molecule has 1 aromatic carbocycles. The summed E-state index contributed by atoms with van der Waals surface area (Å²) in [6.07, 6.45) is 7.60. The van der Waals surface area contributed by atoms with Gasteiger partial charge in [0.25, 0.3) is 0 Å². The number of carbonyl (C=O) groups is 2. The monoisotopic (exact) mass is 453 g/mol. The minimum atomic E-state index is -0.468. The quantitative estimate of drug-likeness (QED) is 0.669. The molecule has 4 rings (SSSR count). The summed E-state index contributed by atoms with van der Waals surface area (Å²) in [4.78, 5) is 32.8. The molecule has 1 amide bonds. The Morgan fingerprint density at radius 3 is 2.33 bits per heavy atom. The number of aromatic nitrogens is 1. The molecule has 33 heavy (non-hydrogen) atoms. The molecule has 1 saturated carbocycles. The molecular formula is C25H31N3O5. The van der Waals surface area contributed by atoms with E-state index in [0.29, 0.717) is 28.4 Å². The second-order valence-corrected chi connectivity index (χ2v) is 8.48. The van der Waals surface area contributed by atoms with Crippen LogP contribution >= 0.6 is 0 Å². The average Bonchev–Trinajstić information content (AvgIpc) is 3.25. The molecule has 2 fully saturated rings. The van der Waals surface area contributed by atoms with Gasteiger partial charge >= 0.3 is 0 Å². The van der Waals surface area contributed by atoms with Crippen LogP contribution < -0.4 is 24.6 Å². The number of benzene rings is 1. The van der Waals surface area contributed by atoms with Gasteiger partial charge in [-0.25, -0.2) is 0 Å². The lowest BCUT2D eigenvalue weighted by Crippen LogP contribution is -2.34. The summed E-state index contributed by atoms with van der Waals surface area (Å²) in [5.41, 5.74) is 1.27. The largest absolute Gasteiger partial charge is 0.493 e. The fraction of sp³-hybridized carbons (Fsp3) is 0.480. The summed E-state index contributed by atoms with van der Waals surface area (Å²) in [5, 5.41) is 0. The van der Waals surface area contributed by atoms with Crippen LogP contribution in [0.25, 0.3) is 0 Å². The first-order chi connectivity index (χ1) is 16.0. The normalized spacial score (nSPS) is 19.6. The molecule has 1 aliphatic heterocycles. The van der Waals surface area contributed by atoms with E-state index in [0.717, 1.165) is 12.8 Å². The molecule has 2 aromatic rings. The second kappa shape index (κ2) is 10.1. The van der Waals surface area contributed by atoms with E-state index >= 15 is 0 Å². The summed E-state index contributed by atoms with van der Waals surface area (Å²) in [6.45, 7) is 0.279. The minimum Gasteiger partial charge on any atom is -0.493 e. The molecule has 0 spiro atoms. The van der Waals surface area contributed by atoms with Crippen LogP contribution in [0, 0.1) is 5.92 Å². The Balaban J connectivity index is 1.60. The van der Waals surface area contributed by atoms with E-state index in [9.17, 15) is 9.59 Å². The topological polar surface area (TPSA) is 82.4 Å². The van der Waals surface area contributed by atoms with E-state index in [1.807, 2.05) is 18.2 Å². The summed E-state index contributed by atoms with van der Waals surface area (Å²) < 4.78 is 17.8. The smallest absolute Gasteiger partial charge is 0.237 e. The molecule has 1 saturated heterocycles. The second-order valence-electron chi connectivity index (χ2n) is 8.48. The lowest BCUT2D eigenvalue weighted by atomic mass is 9.96. The van der Waals surface area contributed by atoms with Crippen molar-refractivity contribution < 1.29 is 23.8 Å². The Bertz CT molecular complexity index is 1060. The third-order valence-corrected chi connectivity index (χ3v) is 6.40. The number of carbonyl (C=O) groups excluding carboxylic acids is 2. The molecule has 2 heterocycles. The van der Waals surface area contributed by atoms with Crippen LogP contribution in [0.3, 0.4) is 0 Å². The molecular weight excluding hydrogens is 422 g/mol. The molecule has 8 nitrogen and oxygen atoms in total. The SMILES string of the molecule is COc1cc(N2CC(C(=O)n3ccccc3=NC3CCCCC3)CC2=O)cc(OC)c1OC. The number of hydrogen-bond acceptors (Lipinski definition) is 6. The maximum Gasteiger partial charge on any atom is 0.237 e. The van der Waals surface area contributed by atoms with Gasteiger partial charge in [0.1, 0.15) is 5.49 Å². The first-order valence-electron chi connectivity index (χ1n) is 11.4. The number of methoxy groups -OCH3 is 3. The van der Waals surface area contributed by atoms with Crippen molar-refractivity contribution in [3.05, 3.63) is 42.0 Å². The zero-order valence-corrected chi connectivity index (χ0v) is 19.5. The highest BCUT2D eigenvalue weighted by Gasteiger charge is 2.36. The van der Waals surface area contributed by atoms with E-state index in [2.05, 4.69) is 0 Å². The van der Waals surface area contributed by atoms with E-state index in [-0.39, 0.29) is 30.8 Å². The molecule has 0 N–H and O–H groups in total. The highest BCUT2D eigenvalue weighted by atomic mass is 16.5. The molecule has 1 aromatic heterocycles. The maximum absolute atomic E-state index is 13.4. The van der Waals surface area contributed by atoms with E-state index in [1.54, 1.807) is 27.8 Å². The van der Waals surface area contributed by atoms with Gasteiger partial charge in [-0.2, -0.15) is 0 Å². The third-order valence-electron chi connectivity index (χ3n) is 6.40. The fourth-order valence-electron chi connectivity index (χ4n) is 4.67. The predicted octanol–water partition coefficient (Wildman–Crippen LogP) is 3.44. The molecule has 1 unspecified atom stereocenters. The first-order valence-corrected chi connectivity index (χ1v) is 11.4. The summed E-state index contributed by atoms with van der Waals surface area (Å²) in [5.74, 6) is 0.667. The molecule has 8 heteroatoms. The van der Waals surface area contributed by atoms with Gasteiger partial charge in [0, 0.05) is 31.3 Å². The van der Waals surface area contributed by atoms with Gasteiger partial charge in [-0.3, -0.25) is 19.1 Å². The number of rotatable bonds is 6. The molecule has 1 aliphatic carbocycles. The molecule has 0 bridgehead atoms.